The molecule has 0 aliphatic heterocycles. The van der Waals surface area contributed by atoms with Crippen LogP contribution in [0.5, 0.6) is 0 Å². The van der Waals surface area contributed by atoms with Gasteiger partial charge in [0.05, 0.1) is 10.6 Å². The third-order valence-electron chi connectivity index (χ3n) is 4.71. The molecule has 146 valence electrons. The van der Waals surface area contributed by atoms with E-state index in [0.29, 0.717) is 27.6 Å². The monoisotopic (exact) mass is 406 g/mol. The smallest absolute Gasteiger partial charge is 0.270 e. The van der Waals surface area contributed by atoms with Gasteiger partial charge in [-0.1, -0.05) is 53.8 Å². The SMILES string of the molecule is Cc1c(C(=O)N(C)Cc2ccccc2)sc2nc(-c3cccc([N+](=O)[O-])c3)cn12. The molecular formula is C21H18N4O3S. The predicted octanol–water partition coefficient (Wildman–Crippen LogP) is 4.55. The summed E-state index contributed by atoms with van der Waals surface area (Å²) in [7, 11) is 1.78. The Morgan fingerprint density at radius 2 is 1.97 bits per heavy atom. The molecule has 0 saturated carbocycles. The van der Waals surface area contributed by atoms with Gasteiger partial charge in [0.1, 0.15) is 4.88 Å². The highest BCUT2D eigenvalue weighted by Crippen LogP contribution is 2.29. The van der Waals surface area contributed by atoms with E-state index in [-0.39, 0.29) is 11.6 Å². The second-order valence-corrected chi connectivity index (χ2v) is 7.73. The van der Waals surface area contributed by atoms with Crippen molar-refractivity contribution in [2.45, 2.75) is 13.5 Å². The van der Waals surface area contributed by atoms with Crippen LogP contribution in [0.25, 0.3) is 16.2 Å². The van der Waals surface area contributed by atoms with Crippen LogP contribution in [0.4, 0.5) is 5.69 Å². The molecule has 0 atom stereocenters. The Bertz CT molecular complexity index is 1210. The van der Waals surface area contributed by atoms with Crippen molar-refractivity contribution in [2.24, 2.45) is 0 Å². The fourth-order valence-corrected chi connectivity index (χ4v) is 4.27. The zero-order valence-electron chi connectivity index (χ0n) is 15.9. The molecule has 0 N–H and O–H groups in total. The Balaban J connectivity index is 1.62. The fourth-order valence-electron chi connectivity index (χ4n) is 3.17. The maximum absolute atomic E-state index is 12.9. The Morgan fingerprint density at radius 3 is 2.66 bits per heavy atom. The Hall–Kier alpha value is -3.52. The second-order valence-electron chi connectivity index (χ2n) is 6.75. The van der Waals surface area contributed by atoms with E-state index in [0.717, 1.165) is 11.3 Å². The van der Waals surface area contributed by atoms with Crippen LogP contribution >= 0.6 is 11.3 Å². The molecule has 0 fully saturated rings. The van der Waals surface area contributed by atoms with Gasteiger partial charge in [-0.15, -0.1) is 0 Å². The maximum Gasteiger partial charge on any atom is 0.270 e. The van der Waals surface area contributed by atoms with E-state index in [1.165, 1.54) is 23.5 Å². The van der Waals surface area contributed by atoms with Crippen LogP contribution < -0.4 is 0 Å². The van der Waals surface area contributed by atoms with Gasteiger partial charge in [-0.2, -0.15) is 0 Å². The fraction of sp³-hybridized carbons (Fsp3) is 0.143. The van der Waals surface area contributed by atoms with Crippen molar-refractivity contribution in [1.82, 2.24) is 14.3 Å². The molecule has 0 bridgehead atoms. The van der Waals surface area contributed by atoms with E-state index < -0.39 is 4.92 Å². The lowest BCUT2D eigenvalue weighted by Crippen LogP contribution is -2.26. The molecule has 7 nitrogen and oxygen atoms in total. The molecule has 0 aliphatic carbocycles. The standard InChI is InChI=1S/C21H18N4O3S/c1-14-19(20(26)23(2)12-15-7-4-3-5-8-15)29-21-22-18(13-24(14)21)16-9-6-10-17(11-16)25(27)28/h3-11,13H,12H2,1-2H3. The molecule has 0 aliphatic rings. The average Bonchev–Trinajstić information content (AvgIpc) is 3.28. The average molecular weight is 406 g/mol. The van der Waals surface area contributed by atoms with Gasteiger partial charge in [-0.3, -0.25) is 19.3 Å². The Kier molecular flexibility index (Phi) is 4.85. The van der Waals surface area contributed by atoms with Crippen LogP contribution in [0.3, 0.4) is 0 Å². The zero-order valence-corrected chi connectivity index (χ0v) is 16.7. The number of non-ortho nitro benzene ring substituents is 1. The number of carbonyl (C=O) groups excluding carboxylic acids is 1. The number of hydrogen-bond donors (Lipinski definition) is 0. The van der Waals surface area contributed by atoms with E-state index >= 15 is 0 Å². The molecule has 2 aromatic carbocycles. The normalized spacial score (nSPS) is 11.0. The predicted molar refractivity (Wildman–Crippen MR) is 112 cm³/mol. The number of aryl methyl sites for hydroxylation is 1. The van der Waals surface area contributed by atoms with Crippen LogP contribution in [-0.2, 0) is 6.54 Å². The number of hydrogen-bond acceptors (Lipinski definition) is 5. The topological polar surface area (TPSA) is 80.8 Å². The second kappa shape index (κ2) is 7.48. The van der Waals surface area contributed by atoms with Crippen molar-refractivity contribution in [1.29, 1.82) is 0 Å². The van der Waals surface area contributed by atoms with Gasteiger partial charge >= 0.3 is 0 Å². The van der Waals surface area contributed by atoms with Crippen LogP contribution in [0.1, 0.15) is 20.9 Å². The summed E-state index contributed by atoms with van der Waals surface area (Å²) in [5.41, 5.74) is 3.20. The number of imidazole rings is 1. The summed E-state index contributed by atoms with van der Waals surface area (Å²) >= 11 is 1.32. The minimum atomic E-state index is -0.424. The number of rotatable bonds is 5. The number of carbonyl (C=O) groups is 1. The first-order chi connectivity index (χ1) is 13.9. The van der Waals surface area contributed by atoms with Gasteiger partial charge in [0.25, 0.3) is 11.6 Å². The molecule has 0 spiro atoms. The number of aromatic nitrogens is 2. The Labute approximate surface area is 171 Å². The number of fused-ring (bicyclic) bond motifs is 1. The molecule has 0 saturated heterocycles. The number of benzene rings is 2. The summed E-state index contributed by atoms with van der Waals surface area (Å²) in [6.07, 6.45) is 1.81. The minimum absolute atomic E-state index is 0.0222. The first-order valence-corrected chi connectivity index (χ1v) is 9.78. The number of nitro benzene ring substituents is 1. The molecular weight excluding hydrogens is 388 g/mol. The highest BCUT2D eigenvalue weighted by atomic mass is 32.1. The molecule has 1 amide bonds. The van der Waals surface area contributed by atoms with Gasteiger partial charge < -0.3 is 4.90 Å². The molecule has 0 unspecified atom stereocenters. The largest absolute Gasteiger partial charge is 0.337 e. The summed E-state index contributed by atoms with van der Waals surface area (Å²) in [6, 6.07) is 16.2. The summed E-state index contributed by atoms with van der Waals surface area (Å²) in [4.78, 5) is 31.1. The third-order valence-corrected chi connectivity index (χ3v) is 5.86. The van der Waals surface area contributed by atoms with Gasteiger partial charge in [0.15, 0.2) is 4.96 Å². The molecule has 8 heteroatoms. The van der Waals surface area contributed by atoms with Crippen molar-refractivity contribution < 1.29 is 9.72 Å². The summed E-state index contributed by atoms with van der Waals surface area (Å²) in [6.45, 7) is 2.41. The van der Waals surface area contributed by atoms with Crippen LogP contribution in [0.15, 0.2) is 60.8 Å². The third kappa shape index (κ3) is 3.62. The van der Waals surface area contributed by atoms with Gasteiger partial charge in [-0.05, 0) is 12.5 Å². The highest BCUT2D eigenvalue weighted by Gasteiger charge is 2.21. The minimum Gasteiger partial charge on any atom is -0.337 e. The van der Waals surface area contributed by atoms with Crippen molar-refractivity contribution in [3.8, 4) is 11.3 Å². The van der Waals surface area contributed by atoms with Crippen LogP contribution in [0.2, 0.25) is 0 Å². The summed E-state index contributed by atoms with van der Waals surface area (Å²) in [5.74, 6) is -0.0567. The highest BCUT2D eigenvalue weighted by molar-refractivity contribution is 7.19. The Morgan fingerprint density at radius 1 is 1.21 bits per heavy atom. The molecule has 2 aromatic heterocycles. The first kappa shape index (κ1) is 18.8. The zero-order chi connectivity index (χ0) is 20.5. The molecule has 2 heterocycles. The molecule has 4 rings (SSSR count). The summed E-state index contributed by atoms with van der Waals surface area (Å²) < 4.78 is 1.86. The van der Waals surface area contributed by atoms with Gasteiger partial charge in [-0.25, -0.2) is 4.98 Å². The molecule has 4 aromatic rings. The number of amides is 1. The number of thiazole rings is 1. The van der Waals surface area contributed by atoms with E-state index in [1.54, 1.807) is 24.1 Å². The van der Waals surface area contributed by atoms with E-state index in [9.17, 15) is 14.9 Å². The maximum atomic E-state index is 12.9. The van der Waals surface area contributed by atoms with E-state index in [2.05, 4.69) is 4.98 Å². The first-order valence-electron chi connectivity index (χ1n) is 8.97. The lowest BCUT2D eigenvalue weighted by molar-refractivity contribution is -0.384. The van der Waals surface area contributed by atoms with Crippen molar-refractivity contribution >= 4 is 27.9 Å². The van der Waals surface area contributed by atoms with E-state index in [1.807, 2.05) is 47.9 Å². The van der Waals surface area contributed by atoms with Crippen LogP contribution in [-0.4, -0.2) is 32.2 Å². The number of nitro groups is 1. The molecule has 0 radical (unpaired) electrons. The van der Waals surface area contributed by atoms with E-state index in [4.69, 9.17) is 0 Å². The summed E-state index contributed by atoms with van der Waals surface area (Å²) in [5, 5.41) is 11.0. The van der Waals surface area contributed by atoms with Crippen molar-refractivity contribution in [2.75, 3.05) is 7.05 Å². The number of nitrogens with zero attached hydrogens (tertiary/aromatic N) is 4. The molecule has 29 heavy (non-hydrogen) atoms. The van der Waals surface area contributed by atoms with Crippen LogP contribution in [0, 0.1) is 17.0 Å². The quantitative estimate of drug-likeness (QED) is 0.360. The van der Waals surface area contributed by atoms with Gasteiger partial charge in [0, 0.05) is 43.2 Å². The van der Waals surface area contributed by atoms with Crippen molar-refractivity contribution in [3.63, 3.8) is 0 Å². The van der Waals surface area contributed by atoms with Gasteiger partial charge in [0.2, 0.25) is 0 Å². The van der Waals surface area contributed by atoms with Crippen molar-refractivity contribution in [3.05, 3.63) is 87.0 Å². The lowest BCUT2D eigenvalue weighted by Gasteiger charge is -2.16. The lowest BCUT2D eigenvalue weighted by atomic mass is 10.1.